The average molecular weight is 330 g/mol. The van der Waals surface area contributed by atoms with Crippen LogP contribution in [0.1, 0.15) is 10.4 Å². The summed E-state index contributed by atoms with van der Waals surface area (Å²) in [5.41, 5.74) is 0.719. The van der Waals surface area contributed by atoms with Gasteiger partial charge in [-0.3, -0.25) is 9.78 Å². The monoisotopic (exact) mass is 328 g/mol. The molecule has 1 amide bonds. The fourth-order valence-corrected chi connectivity index (χ4v) is 1.97. The van der Waals surface area contributed by atoms with Gasteiger partial charge in [-0.15, -0.1) is 0 Å². The zero-order chi connectivity index (χ0) is 13.1. The molecule has 0 fully saturated rings. The molecule has 0 aliphatic rings. The molecule has 1 heterocycles. The second-order valence-corrected chi connectivity index (χ2v) is 4.70. The first kappa shape index (κ1) is 13.0. The summed E-state index contributed by atoms with van der Waals surface area (Å²) < 4.78 is 13.4. The fraction of sp³-hybridized carbons (Fsp3) is 0. The number of benzene rings is 1. The van der Waals surface area contributed by atoms with Gasteiger partial charge in [-0.2, -0.15) is 0 Å². The third kappa shape index (κ3) is 2.86. The number of pyridine rings is 1. The van der Waals surface area contributed by atoms with Crippen LogP contribution in [0.2, 0.25) is 5.02 Å². The highest BCUT2D eigenvalue weighted by molar-refractivity contribution is 9.10. The molecular weight excluding hydrogens is 322 g/mol. The van der Waals surface area contributed by atoms with Gasteiger partial charge in [0.1, 0.15) is 5.82 Å². The van der Waals surface area contributed by atoms with E-state index in [1.54, 1.807) is 0 Å². The van der Waals surface area contributed by atoms with Crippen molar-refractivity contribution in [1.29, 1.82) is 0 Å². The number of amides is 1. The van der Waals surface area contributed by atoms with E-state index < -0.39 is 5.91 Å². The summed E-state index contributed by atoms with van der Waals surface area (Å²) in [6, 6.07) is 5.50. The summed E-state index contributed by atoms with van der Waals surface area (Å²) in [4.78, 5) is 15.7. The standard InChI is InChI=1S/C12H7BrClFN2O/c13-9-5-7(15)1-2-11(9)17-12(18)8-6-16-4-3-10(8)14/h1-6H,(H,17,18). The lowest BCUT2D eigenvalue weighted by Crippen LogP contribution is -2.13. The zero-order valence-electron chi connectivity index (χ0n) is 8.95. The Morgan fingerprint density at radius 2 is 2.17 bits per heavy atom. The summed E-state index contributed by atoms with van der Waals surface area (Å²) in [7, 11) is 0. The van der Waals surface area contributed by atoms with Crippen LogP contribution >= 0.6 is 27.5 Å². The maximum atomic E-state index is 12.9. The number of hydrogen-bond acceptors (Lipinski definition) is 2. The molecule has 1 aromatic carbocycles. The molecule has 92 valence electrons. The minimum Gasteiger partial charge on any atom is -0.321 e. The SMILES string of the molecule is O=C(Nc1ccc(F)cc1Br)c1cnccc1Cl. The van der Waals surface area contributed by atoms with Gasteiger partial charge in [-0.1, -0.05) is 11.6 Å². The Bertz CT molecular complexity index is 606. The highest BCUT2D eigenvalue weighted by Gasteiger charge is 2.12. The molecule has 0 saturated carbocycles. The van der Waals surface area contributed by atoms with Gasteiger partial charge in [0.25, 0.3) is 5.91 Å². The first-order valence-electron chi connectivity index (χ1n) is 4.94. The topological polar surface area (TPSA) is 42.0 Å². The Morgan fingerprint density at radius 3 is 2.83 bits per heavy atom. The molecule has 0 aliphatic heterocycles. The van der Waals surface area contributed by atoms with E-state index in [4.69, 9.17) is 11.6 Å². The highest BCUT2D eigenvalue weighted by Crippen LogP contribution is 2.24. The zero-order valence-corrected chi connectivity index (χ0v) is 11.3. The number of carbonyl (C=O) groups excluding carboxylic acids is 1. The number of halogens is 3. The summed E-state index contributed by atoms with van der Waals surface area (Å²) in [5.74, 6) is -0.792. The molecule has 0 radical (unpaired) electrons. The van der Waals surface area contributed by atoms with E-state index in [1.807, 2.05) is 0 Å². The predicted octanol–water partition coefficient (Wildman–Crippen LogP) is 3.89. The second-order valence-electron chi connectivity index (χ2n) is 3.43. The number of aromatic nitrogens is 1. The molecule has 0 bridgehead atoms. The van der Waals surface area contributed by atoms with Crippen molar-refractivity contribution in [3.8, 4) is 0 Å². The van der Waals surface area contributed by atoms with Crippen molar-refractivity contribution in [3.63, 3.8) is 0 Å². The lowest BCUT2D eigenvalue weighted by Gasteiger charge is -2.08. The molecule has 18 heavy (non-hydrogen) atoms. The van der Waals surface area contributed by atoms with Gasteiger partial charge in [0.05, 0.1) is 16.3 Å². The van der Waals surface area contributed by atoms with Crippen molar-refractivity contribution in [2.24, 2.45) is 0 Å². The van der Waals surface area contributed by atoms with E-state index in [0.29, 0.717) is 15.2 Å². The number of nitrogens with zero attached hydrogens (tertiary/aromatic N) is 1. The van der Waals surface area contributed by atoms with Crippen molar-refractivity contribution in [3.05, 3.63) is 57.5 Å². The molecule has 0 aliphatic carbocycles. The van der Waals surface area contributed by atoms with Crippen LogP contribution in [0.15, 0.2) is 41.1 Å². The van der Waals surface area contributed by atoms with Crippen molar-refractivity contribution < 1.29 is 9.18 Å². The van der Waals surface area contributed by atoms with Crippen LogP contribution in [0, 0.1) is 5.82 Å². The summed E-state index contributed by atoms with van der Waals surface area (Å²) in [5, 5.41) is 2.92. The van der Waals surface area contributed by atoms with Crippen LogP contribution in [-0.2, 0) is 0 Å². The van der Waals surface area contributed by atoms with Gasteiger partial charge in [0.2, 0.25) is 0 Å². The molecule has 0 atom stereocenters. The van der Waals surface area contributed by atoms with Crippen LogP contribution in [0.25, 0.3) is 0 Å². The predicted molar refractivity (Wildman–Crippen MR) is 71.3 cm³/mol. The number of rotatable bonds is 2. The van der Waals surface area contributed by atoms with Crippen LogP contribution < -0.4 is 5.32 Å². The van der Waals surface area contributed by atoms with E-state index in [1.165, 1.54) is 36.7 Å². The lowest BCUT2D eigenvalue weighted by atomic mass is 10.2. The second kappa shape index (κ2) is 5.46. The Hall–Kier alpha value is -1.46. The smallest absolute Gasteiger partial charge is 0.258 e. The average Bonchev–Trinajstić information content (AvgIpc) is 2.33. The maximum absolute atomic E-state index is 12.9. The van der Waals surface area contributed by atoms with Gasteiger partial charge in [-0.05, 0) is 40.2 Å². The first-order chi connectivity index (χ1) is 8.58. The Kier molecular flexibility index (Phi) is 3.93. The van der Waals surface area contributed by atoms with E-state index in [0.717, 1.165) is 0 Å². The van der Waals surface area contributed by atoms with Crippen LogP contribution in [0.3, 0.4) is 0 Å². The third-order valence-corrected chi connectivity index (χ3v) is 3.18. The molecular formula is C12H7BrClFN2O. The summed E-state index contributed by atoms with van der Waals surface area (Å²) >= 11 is 9.04. The lowest BCUT2D eigenvalue weighted by molar-refractivity contribution is 0.102. The van der Waals surface area contributed by atoms with E-state index in [9.17, 15) is 9.18 Å². The molecule has 1 aromatic heterocycles. The third-order valence-electron chi connectivity index (χ3n) is 2.19. The quantitative estimate of drug-likeness (QED) is 0.908. The van der Waals surface area contributed by atoms with Gasteiger partial charge < -0.3 is 5.32 Å². The van der Waals surface area contributed by atoms with Crippen LogP contribution in [0.4, 0.5) is 10.1 Å². The minimum absolute atomic E-state index is 0.260. The van der Waals surface area contributed by atoms with Crippen molar-refractivity contribution in [2.75, 3.05) is 5.32 Å². The number of carbonyl (C=O) groups is 1. The van der Waals surface area contributed by atoms with E-state index in [-0.39, 0.29) is 11.4 Å². The molecule has 0 unspecified atom stereocenters. The molecule has 3 nitrogen and oxygen atoms in total. The number of hydrogen-bond donors (Lipinski definition) is 1. The Balaban J connectivity index is 2.24. The Labute approximate surface area is 116 Å². The highest BCUT2D eigenvalue weighted by atomic mass is 79.9. The molecule has 6 heteroatoms. The van der Waals surface area contributed by atoms with E-state index in [2.05, 4.69) is 26.2 Å². The normalized spacial score (nSPS) is 10.2. The minimum atomic E-state index is -0.402. The summed E-state index contributed by atoms with van der Waals surface area (Å²) in [6.07, 6.45) is 2.86. The molecule has 0 saturated heterocycles. The number of nitrogens with one attached hydrogen (secondary N) is 1. The van der Waals surface area contributed by atoms with Gasteiger partial charge in [0, 0.05) is 16.9 Å². The fourth-order valence-electron chi connectivity index (χ4n) is 1.33. The van der Waals surface area contributed by atoms with Gasteiger partial charge >= 0.3 is 0 Å². The van der Waals surface area contributed by atoms with Crippen molar-refractivity contribution in [2.45, 2.75) is 0 Å². The first-order valence-corrected chi connectivity index (χ1v) is 6.11. The number of anilines is 1. The largest absolute Gasteiger partial charge is 0.321 e. The summed E-state index contributed by atoms with van der Waals surface area (Å²) in [6.45, 7) is 0. The van der Waals surface area contributed by atoms with Gasteiger partial charge in [-0.25, -0.2) is 4.39 Å². The molecule has 1 N–H and O–H groups in total. The van der Waals surface area contributed by atoms with Gasteiger partial charge in [0.15, 0.2) is 0 Å². The Morgan fingerprint density at radius 1 is 1.39 bits per heavy atom. The van der Waals surface area contributed by atoms with Crippen LogP contribution in [-0.4, -0.2) is 10.9 Å². The van der Waals surface area contributed by atoms with E-state index >= 15 is 0 Å². The van der Waals surface area contributed by atoms with Crippen molar-refractivity contribution in [1.82, 2.24) is 4.98 Å². The molecule has 2 aromatic rings. The molecule has 2 rings (SSSR count). The van der Waals surface area contributed by atoms with Crippen molar-refractivity contribution >= 4 is 39.1 Å². The maximum Gasteiger partial charge on any atom is 0.258 e. The van der Waals surface area contributed by atoms with Crippen LogP contribution in [0.5, 0.6) is 0 Å². The molecule has 0 spiro atoms.